The molecule has 0 aromatic rings. The molecule has 1 aliphatic heterocycles. The lowest BCUT2D eigenvalue weighted by Gasteiger charge is -2.26. The fourth-order valence-electron chi connectivity index (χ4n) is 2.10. The van der Waals surface area contributed by atoms with Gasteiger partial charge in [0.15, 0.2) is 9.84 Å². The molecule has 1 fully saturated rings. The lowest BCUT2D eigenvalue weighted by atomic mass is 10.2. The monoisotopic (exact) mass is 292 g/mol. The maximum Gasteiger partial charge on any atom is 0.323 e. The molecule has 8 heteroatoms. The Kier molecular flexibility index (Phi) is 5.74. The van der Waals surface area contributed by atoms with Gasteiger partial charge < -0.3 is 15.3 Å². The van der Waals surface area contributed by atoms with Crippen LogP contribution in [0.4, 0.5) is 0 Å². The Balaban J connectivity index is 2.66. The van der Waals surface area contributed by atoms with Crippen LogP contribution >= 0.6 is 0 Å². The van der Waals surface area contributed by atoms with E-state index in [0.29, 0.717) is 13.0 Å². The van der Waals surface area contributed by atoms with E-state index >= 15 is 0 Å². The largest absolute Gasteiger partial charge is 0.480 e. The number of nitrogens with zero attached hydrogens (tertiary/aromatic N) is 1. The van der Waals surface area contributed by atoms with Crippen molar-refractivity contribution < 1.29 is 23.1 Å². The summed E-state index contributed by atoms with van der Waals surface area (Å²) in [5.41, 5.74) is 0. The Morgan fingerprint density at radius 2 is 2.11 bits per heavy atom. The quantitative estimate of drug-likeness (QED) is 0.589. The third-order valence-corrected chi connectivity index (χ3v) is 4.79. The maximum atomic E-state index is 12.0. The second-order valence-electron chi connectivity index (χ2n) is 4.58. The molecule has 1 saturated heterocycles. The van der Waals surface area contributed by atoms with Crippen molar-refractivity contribution in [1.82, 2.24) is 10.2 Å². The van der Waals surface area contributed by atoms with Crippen molar-refractivity contribution in [2.45, 2.75) is 25.8 Å². The predicted molar refractivity (Wildman–Crippen MR) is 69.6 cm³/mol. The highest BCUT2D eigenvalue weighted by Crippen LogP contribution is 2.18. The molecule has 0 aromatic heterocycles. The zero-order valence-corrected chi connectivity index (χ0v) is 11.8. The summed E-state index contributed by atoms with van der Waals surface area (Å²) >= 11 is 0. The first-order chi connectivity index (χ1) is 8.85. The van der Waals surface area contributed by atoms with Gasteiger partial charge >= 0.3 is 5.97 Å². The zero-order valence-electron chi connectivity index (χ0n) is 11.0. The Bertz CT molecular complexity index is 434. The molecule has 1 atom stereocenters. The van der Waals surface area contributed by atoms with E-state index < -0.39 is 28.4 Å². The maximum absolute atomic E-state index is 12.0. The first kappa shape index (κ1) is 15.9. The number of carbonyl (C=O) groups is 2. The van der Waals surface area contributed by atoms with Gasteiger partial charge in [-0.1, -0.05) is 6.92 Å². The normalized spacial score (nSPS) is 21.2. The van der Waals surface area contributed by atoms with Gasteiger partial charge in [-0.25, -0.2) is 8.42 Å². The number of rotatable bonds is 7. The second kappa shape index (κ2) is 6.85. The van der Waals surface area contributed by atoms with E-state index in [1.165, 1.54) is 4.90 Å². The number of carbonyl (C=O) groups excluding carboxylic acids is 1. The Morgan fingerprint density at radius 1 is 1.42 bits per heavy atom. The lowest BCUT2D eigenvalue weighted by molar-refractivity contribution is -0.145. The van der Waals surface area contributed by atoms with Crippen molar-refractivity contribution >= 4 is 21.7 Å². The first-order valence-corrected chi connectivity index (χ1v) is 8.10. The van der Waals surface area contributed by atoms with Gasteiger partial charge in [-0.2, -0.15) is 0 Å². The minimum absolute atomic E-state index is 0.0221. The molecular weight excluding hydrogens is 272 g/mol. The van der Waals surface area contributed by atoms with Crippen LogP contribution in [0.25, 0.3) is 0 Å². The highest BCUT2D eigenvalue weighted by Gasteiger charge is 2.35. The number of aliphatic carboxylic acids is 1. The number of nitrogens with one attached hydrogen (secondary N) is 1. The molecular formula is C11H20N2O5S. The van der Waals surface area contributed by atoms with Crippen molar-refractivity contribution in [2.24, 2.45) is 0 Å². The number of hydrogen-bond acceptors (Lipinski definition) is 5. The van der Waals surface area contributed by atoms with Gasteiger partial charge in [0.1, 0.15) is 6.54 Å². The fourth-order valence-corrected chi connectivity index (χ4v) is 3.83. The van der Waals surface area contributed by atoms with Gasteiger partial charge in [0.05, 0.1) is 11.5 Å². The SMILES string of the molecule is CCNCCC(=O)N(CC(=O)O)C1CCS(=O)(=O)C1. The van der Waals surface area contributed by atoms with Crippen LogP contribution in [0.2, 0.25) is 0 Å². The van der Waals surface area contributed by atoms with E-state index in [1.54, 1.807) is 0 Å². The van der Waals surface area contributed by atoms with Gasteiger partial charge in [-0.15, -0.1) is 0 Å². The number of hydrogen-bond donors (Lipinski definition) is 2. The summed E-state index contributed by atoms with van der Waals surface area (Å²) < 4.78 is 22.8. The predicted octanol–water partition coefficient (Wildman–Crippen LogP) is -0.914. The lowest BCUT2D eigenvalue weighted by Crippen LogP contribution is -2.45. The molecule has 110 valence electrons. The van der Waals surface area contributed by atoms with E-state index in [2.05, 4.69) is 5.32 Å². The molecule has 1 heterocycles. The molecule has 7 nitrogen and oxygen atoms in total. The molecule has 1 aliphatic rings. The third kappa shape index (κ3) is 5.15. The van der Waals surface area contributed by atoms with Crippen LogP contribution in [0, 0.1) is 0 Å². The van der Waals surface area contributed by atoms with E-state index in [1.807, 2.05) is 6.92 Å². The van der Waals surface area contributed by atoms with Gasteiger partial charge in [0.25, 0.3) is 0 Å². The van der Waals surface area contributed by atoms with Gasteiger partial charge in [-0.3, -0.25) is 9.59 Å². The van der Waals surface area contributed by atoms with E-state index in [0.717, 1.165) is 6.54 Å². The smallest absolute Gasteiger partial charge is 0.323 e. The number of carboxylic acids is 1. The third-order valence-electron chi connectivity index (χ3n) is 3.04. The van der Waals surface area contributed by atoms with Crippen molar-refractivity contribution in [2.75, 3.05) is 31.1 Å². The van der Waals surface area contributed by atoms with Crippen molar-refractivity contribution in [3.63, 3.8) is 0 Å². The minimum Gasteiger partial charge on any atom is -0.480 e. The summed E-state index contributed by atoms with van der Waals surface area (Å²) in [5.74, 6) is -1.55. The van der Waals surface area contributed by atoms with E-state index in [4.69, 9.17) is 5.11 Å². The highest BCUT2D eigenvalue weighted by atomic mass is 32.2. The molecule has 1 unspecified atom stereocenters. The average Bonchev–Trinajstić information content (AvgIpc) is 2.66. The molecule has 0 aliphatic carbocycles. The van der Waals surface area contributed by atoms with E-state index in [9.17, 15) is 18.0 Å². The highest BCUT2D eigenvalue weighted by molar-refractivity contribution is 7.91. The molecule has 0 bridgehead atoms. The summed E-state index contributed by atoms with van der Waals surface area (Å²) in [6, 6.07) is -0.504. The van der Waals surface area contributed by atoms with Crippen LogP contribution < -0.4 is 5.32 Å². The molecule has 1 rings (SSSR count). The topological polar surface area (TPSA) is 104 Å². The van der Waals surface area contributed by atoms with Crippen LogP contribution in [0.1, 0.15) is 19.8 Å². The van der Waals surface area contributed by atoms with Crippen molar-refractivity contribution in [1.29, 1.82) is 0 Å². The summed E-state index contributed by atoms with van der Waals surface area (Å²) in [5, 5.41) is 11.8. The second-order valence-corrected chi connectivity index (χ2v) is 6.80. The Hall–Kier alpha value is -1.15. The van der Waals surface area contributed by atoms with Crippen molar-refractivity contribution in [3.8, 4) is 0 Å². The average molecular weight is 292 g/mol. The summed E-state index contributed by atoms with van der Waals surface area (Å²) in [7, 11) is -3.14. The molecule has 0 radical (unpaired) electrons. The van der Waals surface area contributed by atoms with Gasteiger partial charge in [-0.05, 0) is 13.0 Å². The summed E-state index contributed by atoms with van der Waals surface area (Å²) in [6.45, 7) is 2.66. The minimum atomic E-state index is -3.14. The number of sulfone groups is 1. The molecule has 1 amide bonds. The molecule has 19 heavy (non-hydrogen) atoms. The van der Waals surface area contributed by atoms with Gasteiger partial charge in [0, 0.05) is 19.0 Å². The van der Waals surface area contributed by atoms with Crippen LogP contribution in [-0.2, 0) is 19.4 Å². The summed E-state index contributed by atoms with van der Waals surface area (Å²) in [6.07, 6.45) is 0.500. The van der Waals surface area contributed by atoms with Gasteiger partial charge in [0.2, 0.25) is 5.91 Å². The van der Waals surface area contributed by atoms with Crippen LogP contribution in [0.3, 0.4) is 0 Å². The first-order valence-electron chi connectivity index (χ1n) is 6.28. The molecule has 0 saturated carbocycles. The Labute approximate surface area is 112 Å². The molecule has 0 aromatic carbocycles. The molecule has 2 N–H and O–H groups in total. The van der Waals surface area contributed by atoms with E-state index in [-0.39, 0.29) is 23.8 Å². The van der Waals surface area contributed by atoms with Crippen LogP contribution in [0.5, 0.6) is 0 Å². The number of carboxylic acid groups (broad SMARTS) is 1. The summed E-state index contributed by atoms with van der Waals surface area (Å²) in [4.78, 5) is 24.0. The fraction of sp³-hybridized carbons (Fsp3) is 0.818. The number of amides is 1. The van der Waals surface area contributed by atoms with Crippen LogP contribution in [-0.4, -0.2) is 67.5 Å². The zero-order chi connectivity index (χ0) is 14.5. The Morgan fingerprint density at radius 3 is 2.58 bits per heavy atom. The standard InChI is InChI=1S/C11H20N2O5S/c1-2-12-5-3-10(14)13(7-11(15)16)9-4-6-19(17,18)8-9/h9,12H,2-8H2,1H3,(H,15,16). The van der Waals surface area contributed by atoms with Crippen LogP contribution in [0.15, 0.2) is 0 Å². The van der Waals surface area contributed by atoms with Crippen molar-refractivity contribution in [3.05, 3.63) is 0 Å². The molecule has 0 spiro atoms.